The highest BCUT2D eigenvalue weighted by atomic mass is 127. The van der Waals surface area contributed by atoms with Gasteiger partial charge in [-0.25, -0.2) is 0 Å². The Morgan fingerprint density at radius 2 is 1.79 bits per heavy atom. The zero-order valence-corrected chi connectivity index (χ0v) is 10.1. The molecule has 0 saturated heterocycles. The Balaban J connectivity index is 1.93. The first-order valence-corrected chi connectivity index (χ1v) is 6.13. The highest BCUT2D eigenvalue weighted by molar-refractivity contribution is 14.1. The topological polar surface area (TPSA) is 24.1 Å². The lowest BCUT2D eigenvalue weighted by molar-refractivity contribution is 0.582. The molecule has 0 radical (unpaired) electrons. The lowest BCUT2D eigenvalue weighted by Crippen LogP contribution is -2.19. The van der Waals surface area contributed by atoms with Crippen molar-refractivity contribution in [2.24, 2.45) is 5.41 Å². The maximum Gasteiger partial charge on any atom is 0.0586 e. The van der Waals surface area contributed by atoms with Gasteiger partial charge in [0.2, 0.25) is 0 Å². The first kappa shape index (κ1) is 8.83. The molecule has 2 N–H and O–H groups in total. The van der Waals surface area contributed by atoms with Crippen molar-refractivity contribution in [2.45, 2.75) is 12.8 Å². The molecule has 1 heterocycles. The minimum atomic E-state index is 0.560. The SMILES string of the molecule is Ic1ccc2c(c1)NCC1(CC1)CN2. The van der Waals surface area contributed by atoms with Gasteiger partial charge in [-0.05, 0) is 53.6 Å². The molecule has 0 unspecified atom stereocenters. The molecule has 1 aliphatic heterocycles. The molecule has 1 aromatic rings. The molecule has 1 saturated carbocycles. The smallest absolute Gasteiger partial charge is 0.0586 e. The summed E-state index contributed by atoms with van der Waals surface area (Å²) < 4.78 is 1.29. The summed E-state index contributed by atoms with van der Waals surface area (Å²) in [5.74, 6) is 0. The van der Waals surface area contributed by atoms with Crippen LogP contribution in [0.3, 0.4) is 0 Å². The summed E-state index contributed by atoms with van der Waals surface area (Å²) in [7, 11) is 0. The van der Waals surface area contributed by atoms with E-state index in [1.165, 1.54) is 27.8 Å². The number of anilines is 2. The Bertz CT molecular complexity index is 372. The minimum absolute atomic E-state index is 0.560. The zero-order valence-electron chi connectivity index (χ0n) is 7.94. The second-order valence-corrected chi connectivity index (χ2v) is 5.64. The zero-order chi connectivity index (χ0) is 9.60. The van der Waals surface area contributed by atoms with E-state index in [-0.39, 0.29) is 0 Å². The molecule has 1 aliphatic carbocycles. The third-order valence-corrected chi connectivity index (χ3v) is 3.92. The number of hydrogen-bond acceptors (Lipinski definition) is 2. The molecule has 2 aliphatic rings. The summed E-state index contributed by atoms with van der Waals surface area (Å²) in [6, 6.07) is 6.54. The van der Waals surface area contributed by atoms with E-state index in [1.807, 2.05) is 0 Å². The van der Waals surface area contributed by atoms with Crippen LogP contribution in [0, 0.1) is 8.99 Å². The Morgan fingerprint density at radius 1 is 1.07 bits per heavy atom. The number of hydrogen-bond donors (Lipinski definition) is 2. The molecule has 0 aromatic heterocycles. The first-order chi connectivity index (χ1) is 6.77. The van der Waals surface area contributed by atoms with E-state index < -0.39 is 0 Å². The fourth-order valence-electron chi connectivity index (χ4n) is 1.98. The van der Waals surface area contributed by atoms with E-state index >= 15 is 0 Å². The lowest BCUT2D eigenvalue weighted by Gasteiger charge is -2.10. The van der Waals surface area contributed by atoms with Crippen molar-refractivity contribution in [1.82, 2.24) is 0 Å². The summed E-state index contributed by atoms with van der Waals surface area (Å²) in [4.78, 5) is 0. The van der Waals surface area contributed by atoms with Gasteiger partial charge in [0.25, 0.3) is 0 Å². The van der Waals surface area contributed by atoms with Gasteiger partial charge in [-0.2, -0.15) is 0 Å². The van der Waals surface area contributed by atoms with Crippen molar-refractivity contribution >= 4 is 34.0 Å². The molecule has 1 fully saturated rings. The summed E-state index contributed by atoms with van der Waals surface area (Å²) in [5.41, 5.74) is 3.08. The van der Waals surface area contributed by atoms with Crippen LogP contribution in [0.2, 0.25) is 0 Å². The van der Waals surface area contributed by atoms with E-state index in [1.54, 1.807) is 0 Å². The predicted octanol–water partition coefficient (Wildman–Crippen LogP) is 2.91. The van der Waals surface area contributed by atoms with Gasteiger partial charge in [-0.15, -0.1) is 0 Å². The summed E-state index contributed by atoms with van der Waals surface area (Å²) in [6.45, 7) is 2.26. The van der Waals surface area contributed by atoms with Crippen LogP contribution < -0.4 is 10.6 Å². The molecular formula is C11H13IN2. The van der Waals surface area contributed by atoms with Crippen LogP contribution in [0.4, 0.5) is 11.4 Å². The highest BCUT2D eigenvalue weighted by Crippen LogP contribution is 2.47. The second kappa shape index (κ2) is 3.02. The van der Waals surface area contributed by atoms with E-state index in [0.29, 0.717) is 5.41 Å². The van der Waals surface area contributed by atoms with Crippen molar-refractivity contribution in [1.29, 1.82) is 0 Å². The maximum absolute atomic E-state index is 3.55. The Labute approximate surface area is 97.6 Å². The van der Waals surface area contributed by atoms with Crippen molar-refractivity contribution in [3.8, 4) is 0 Å². The number of halogens is 1. The molecule has 74 valence electrons. The van der Waals surface area contributed by atoms with Gasteiger partial charge in [0.05, 0.1) is 11.4 Å². The van der Waals surface area contributed by atoms with Gasteiger partial charge < -0.3 is 10.6 Å². The highest BCUT2D eigenvalue weighted by Gasteiger charge is 2.43. The standard InChI is InChI=1S/C11H13IN2/c12-8-1-2-9-10(5-8)14-7-11(3-4-11)6-13-9/h1-2,5,13-14H,3-4,6-7H2. The van der Waals surface area contributed by atoms with Gasteiger partial charge in [0.1, 0.15) is 0 Å². The molecule has 0 bridgehead atoms. The third-order valence-electron chi connectivity index (χ3n) is 3.25. The number of benzene rings is 1. The van der Waals surface area contributed by atoms with Crippen molar-refractivity contribution < 1.29 is 0 Å². The van der Waals surface area contributed by atoms with Crippen molar-refractivity contribution in [3.63, 3.8) is 0 Å². The average Bonchev–Trinajstić information content (AvgIpc) is 2.96. The van der Waals surface area contributed by atoms with Crippen LogP contribution in [0.25, 0.3) is 0 Å². The average molecular weight is 300 g/mol. The normalized spacial score (nSPS) is 21.8. The summed E-state index contributed by atoms with van der Waals surface area (Å²) in [6.07, 6.45) is 2.75. The van der Waals surface area contributed by atoms with Gasteiger partial charge in [-0.1, -0.05) is 0 Å². The van der Waals surface area contributed by atoms with Crippen LogP contribution in [0.1, 0.15) is 12.8 Å². The minimum Gasteiger partial charge on any atom is -0.383 e. The number of rotatable bonds is 0. The molecule has 3 rings (SSSR count). The largest absolute Gasteiger partial charge is 0.383 e. The van der Waals surface area contributed by atoms with Crippen LogP contribution in [0.15, 0.2) is 18.2 Å². The van der Waals surface area contributed by atoms with E-state index in [2.05, 4.69) is 51.4 Å². The van der Waals surface area contributed by atoms with Crippen molar-refractivity contribution in [3.05, 3.63) is 21.8 Å². The molecule has 3 heteroatoms. The second-order valence-electron chi connectivity index (χ2n) is 4.40. The van der Waals surface area contributed by atoms with Gasteiger partial charge in [0, 0.05) is 22.1 Å². The predicted molar refractivity (Wildman–Crippen MR) is 67.8 cm³/mol. The van der Waals surface area contributed by atoms with Crippen molar-refractivity contribution in [2.75, 3.05) is 23.7 Å². The number of nitrogens with one attached hydrogen (secondary N) is 2. The van der Waals surface area contributed by atoms with Gasteiger partial charge in [-0.3, -0.25) is 0 Å². The van der Waals surface area contributed by atoms with Gasteiger partial charge in [0.15, 0.2) is 0 Å². The Kier molecular flexibility index (Phi) is 1.90. The third kappa shape index (κ3) is 1.47. The van der Waals surface area contributed by atoms with E-state index in [9.17, 15) is 0 Å². The molecule has 2 nitrogen and oxygen atoms in total. The molecule has 1 spiro atoms. The quantitative estimate of drug-likeness (QED) is 0.720. The Morgan fingerprint density at radius 3 is 2.50 bits per heavy atom. The fraction of sp³-hybridized carbons (Fsp3) is 0.455. The fourth-order valence-corrected chi connectivity index (χ4v) is 2.47. The summed E-state index contributed by atoms with van der Waals surface area (Å²) >= 11 is 2.36. The first-order valence-electron chi connectivity index (χ1n) is 5.05. The van der Waals surface area contributed by atoms with E-state index in [0.717, 1.165) is 13.1 Å². The number of fused-ring (bicyclic) bond motifs is 1. The molecular weight excluding hydrogens is 287 g/mol. The van der Waals surface area contributed by atoms with Crippen LogP contribution in [0.5, 0.6) is 0 Å². The maximum atomic E-state index is 3.55. The molecule has 14 heavy (non-hydrogen) atoms. The lowest BCUT2D eigenvalue weighted by atomic mass is 10.1. The van der Waals surface area contributed by atoms with E-state index in [4.69, 9.17) is 0 Å². The van der Waals surface area contributed by atoms with Crippen LogP contribution in [-0.4, -0.2) is 13.1 Å². The monoisotopic (exact) mass is 300 g/mol. The molecule has 0 atom stereocenters. The molecule has 0 amide bonds. The molecule has 1 aromatic carbocycles. The van der Waals surface area contributed by atoms with Crippen LogP contribution >= 0.6 is 22.6 Å². The Hall–Kier alpha value is -0.450. The van der Waals surface area contributed by atoms with Crippen LogP contribution in [-0.2, 0) is 0 Å². The summed E-state index contributed by atoms with van der Waals surface area (Å²) in [5, 5.41) is 7.09. The van der Waals surface area contributed by atoms with Gasteiger partial charge >= 0.3 is 0 Å².